The zero-order valence-electron chi connectivity index (χ0n) is 10.1. The minimum atomic E-state index is -0.1000. The summed E-state index contributed by atoms with van der Waals surface area (Å²) in [4.78, 5) is 24.4. The van der Waals surface area contributed by atoms with Gasteiger partial charge in [0.05, 0.1) is 6.04 Å². The number of nitrogens with zero attached hydrogens (tertiary/aromatic N) is 1. The van der Waals surface area contributed by atoms with E-state index in [0.29, 0.717) is 19.5 Å². The third-order valence-electron chi connectivity index (χ3n) is 3.00. The number of hydrogen-bond donors (Lipinski definition) is 1. The molecule has 1 aromatic rings. The molecule has 1 aliphatic heterocycles. The normalized spacial score (nSPS) is 18.9. The topological polar surface area (TPSA) is 49.4 Å². The van der Waals surface area contributed by atoms with E-state index in [1.165, 1.54) is 0 Å². The maximum atomic E-state index is 11.8. The Kier molecular flexibility index (Phi) is 4.01. The van der Waals surface area contributed by atoms with Crippen LogP contribution in [0.5, 0.6) is 0 Å². The van der Waals surface area contributed by atoms with Crippen molar-refractivity contribution in [3.63, 3.8) is 0 Å². The molecular formula is C13H15BrN2O2. The van der Waals surface area contributed by atoms with Gasteiger partial charge in [-0.3, -0.25) is 4.79 Å². The highest BCUT2D eigenvalue weighted by Gasteiger charge is 2.30. The Labute approximate surface area is 114 Å². The molecule has 1 aromatic carbocycles. The Bertz CT molecular complexity index is 476. The molecular weight excluding hydrogens is 296 g/mol. The van der Waals surface area contributed by atoms with E-state index in [4.69, 9.17) is 0 Å². The van der Waals surface area contributed by atoms with Gasteiger partial charge in [-0.05, 0) is 18.6 Å². The third kappa shape index (κ3) is 2.90. The van der Waals surface area contributed by atoms with Crippen molar-refractivity contribution in [1.82, 2.24) is 10.2 Å². The summed E-state index contributed by atoms with van der Waals surface area (Å²) < 4.78 is 0.990. The highest BCUT2D eigenvalue weighted by atomic mass is 79.9. The average Bonchev–Trinajstić information content (AvgIpc) is 2.68. The fourth-order valence-corrected chi connectivity index (χ4v) is 2.57. The maximum absolute atomic E-state index is 11.8. The number of nitrogens with one attached hydrogen (secondary N) is 1. The van der Waals surface area contributed by atoms with E-state index >= 15 is 0 Å². The molecule has 5 heteroatoms. The Morgan fingerprint density at radius 3 is 2.89 bits per heavy atom. The predicted octanol–water partition coefficient (Wildman–Crippen LogP) is 2.49. The van der Waals surface area contributed by atoms with Crippen molar-refractivity contribution in [2.45, 2.75) is 19.4 Å². The summed E-state index contributed by atoms with van der Waals surface area (Å²) in [5, 5.41) is 2.93. The molecule has 1 heterocycles. The lowest BCUT2D eigenvalue weighted by Gasteiger charge is -2.14. The Hall–Kier alpha value is -1.36. The third-order valence-corrected chi connectivity index (χ3v) is 3.72. The first-order valence-corrected chi connectivity index (χ1v) is 6.66. The summed E-state index contributed by atoms with van der Waals surface area (Å²) in [6.45, 7) is 2.64. The molecule has 1 N–H and O–H groups in total. The van der Waals surface area contributed by atoms with Crippen molar-refractivity contribution in [3.05, 3.63) is 34.3 Å². The van der Waals surface area contributed by atoms with Crippen molar-refractivity contribution < 1.29 is 9.59 Å². The van der Waals surface area contributed by atoms with E-state index in [0.717, 1.165) is 10.0 Å². The molecule has 0 aliphatic carbocycles. The van der Waals surface area contributed by atoms with Gasteiger partial charge >= 0.3 is 6.03 Å². The summed E-state index contributed by atoms with van der Waals surface area (Å²) in [6.07, 6.45) is 0.413. The highest BCUT2D eigenvalue weighted by Crippen LogP contribution is 2.26. The summed E-state index contributed by atoms with van der Waals surface area (Å²) >= 11 is 3.48. The van der Waals surface area contributed by atoms with E-state index in [2.05, 4.69) is 21.2 Å². The van der Waals surface area contributed by atoms with Gasteiger partial charge in [-0.2, -0.15) is 0 Å². The van der Waals surface area contributed by atoms with Crippen LogP contribution in [0, 0.1) is 0 Å². The molecule has 0 saturated carbocycles. The summed E-state index contributed by atoms with van der Waals surface area (Å²) in [6, 6.07) is 7.73. The monoisotopic (exact) mass is 310 g/mol. The molecule has 1 saturated heterocycles. The van der Waals surface area contributed by atoms with Crippen LogP contribution in [0.3, 0.4) is 0 Å². The quantitative estimate of drug-likeness (QED) is 0.929. The van der Waals surface area contributed by atoms with Gasteiger partial charge in [-0.15, -0.1) is 0 Å². The van der Waals surface area contributed by atoms with Gasteiger partial charge in [0.2, 0.25) is 0 Å². The zero-order valence-corrected chi connectivity index (χ0v) is 11.7. The van der Waals surface area contributed by atoms with Crippen molar-refractivity contribution in [1.29, 1.82) is 0 Å². The SMILES string of the molecule is CC(=O)CCN1CC(c2ccccc2Br)NC1=O. The number of carbonyl (C=O) groups is 2. The van der Waals surface area contributed by atoms with Crippen LogP contribution in [0.4, 0.5) is 4.79 Å². The molecule has 0 radical (unpaired) electrons. The second kappa shape index (κ2) is 5.52. The number of Topliss-reactive ketones (excluding diaryl/α,β-unsaturated/α-hetero) is 1. The van der Waals surface area contributed by atoms with Gasteiger partial charge in [-0.1, -0.05) is 34.1 Å². The van der Waals surface area contributed by atoms with Crippen LogP contribution in [-0.2, 0) is 4.79 Å². The van der Waals surface area contributed by atoms with E-state index in [-0.39, 0.29) is 17.9 Å². The molecule has 4 nitrogen and oxygen atoms in total. The van der Waals surface area contributed by atoms with Gasteiger partial charge in [0, 0.05) is 24.0 Å². The first kappa shape index (κ1) is 13.1. The molecule has 1 unspecified atom stereocenters. The summed E-state index contributed by atoms with van der Waals surface area (Å²) in [5.41, 5.74) is 1.07. The first-order valence-electron chi connectivity index (χ1n) is 5.87. The van der Waals surface area contributed by atoms with E-state index < -0.39 is 0 Å². The van der Waals surface area contributed by atoms with Crippen LogP contribution in [0.15, 0.2) is 28.7 Å². The van der Waals surface area contributed by atoms with Crippen LogP contribution in [0.1, 0.15) is 24.9 Å². The lowest BCUT2D eigenvalue weighted by molar-refractivity contribution is -0.117. The second-order valence-corrected chi connectivity index (χ2v) is 5.28. The molecule has 2 rings (SSSR count). The van der Waals surface area contributed by atoms with Crippen LogP contribution in [-0.4, -0.2) is 29.8 Å². The summed E-state index contributed by atoms with van der Waals surface area (Å²) in [5.74, 6) is 0.104. The molecule has 0 spiro atoms. The number of halogens is 1. The Balaban J connectivity index is 2.04. The number of carbonyl (C=O) groups excluding carboxylic acids is 2. The lowest BCUT2D eigenvalue weighted by atomic mass is 10.1. The van der Waals surface area contributed by atoms with Crippen LogP contribution < -0.4 is 5.32 Å². The van der Waals surface area contributed by atoms with Gasteiger partial charge in [-0.25, -0.2) is 4.79 Å². The minimum Gasteiger partial charge on any atom is -0.329 e. The van der Waals surface area contributed by atoms with Gasteiger partial charge in [0.15, 0.2) is 0 Å². The largest absolute Gasteiger partial charge is 0.329 e. The Morgan fingerprint density at radius 1 is 1.50 bits per heavy atom. The Morgan fingerprint density at radius 2 is 2.22 bits per heavy atom. The molecule has 18 heavy (non-hydrogen) atoms. The van der Waals surface area contributed by atoms with E-state index in [1.807, 2.05) is 24.3 Å². The van der Waals surface area contributed by atoms with Crippen molar-refractivity contribution >= 4 is 27.7 Å². The number of amides is 2. The zero-order chi connectivity index (χ0) is 13.1. The molecule has 1 aliphatic rings. The van der Waals surface area contributed by atoms with Crippen molar-refractivity contribution in [2.24, 2.45) is 0 Å². The highest BCUT2D eigenvalue weighted by molar-refractivity contribution is 9.10. The van der Waals surface area contributed by atoms with Gasteiger partial charge in [0.1, 0.15) is 5.78 Å². The van der Waals surface area contributed by atoms with Gasteiger partial charge in [0.25, 0.3) is 0 Å². The number of rotatable bonds is 4. The van der Waals surface area contributed by atoms with Crippen LogP contribution >= 0.6 is 15.9 Å². The standard InChI is InChI=1S/C13H15BrN2O2/c1-9(17)6-7-16-8-12(15-13(16)18)10-4-2-3-5-11(10)14/h2-5,12H,6-8H2,1H3,(H,15,18). The molecule has 1 fully saturated rings. The number of hydrogen-bond acceptors (Lipinski definition) is 2. The van der Waals surface area contributed by atoms with Crippen molar-refractivity contribution in [3.8, 4) is 0 Å². The number of urea groups is 1. The molecule has 0 bridgehead atoms. The van der Waals surface area contributed by atoms with Gasteiger partial charge < -0.3 is 10.2 Å². The maximum Gasteiger partial charge on any atom is 0.318 e. The molecule has 2 amide bonds. The fraction of sp³-hybridized carbons (Fsp3) is 0.385. The minimum absolute atomic E-state index is 0.0139. The predicted molar refractivity (Wildman–Crippen MR) is 72.3 cm³/mol. The molecule has 96 valence electrons. The first-order chi connectivity index (χ1) is 8.58. The van der Waals surface area contributed by atoms with Crippen molar-refractivity contribution in [2.75, 3.05) is 13.1 Å². The molecule has 0 aromatic heterocycles. The van der Waals surface area contributed by atoms with Crippen LogP contribution in [0.25, 0.3) is 0 Å². The van der Waals surface area contributed by atoms with Crippen LogP contribution in [0.2, 0.25) is 0 Å². The number of benzene rings is 1. The fourth-order valence-electron chi connectivity index (χ4n) is 2.01. The molecule has 1 atom stereocenters. The smallest absolute Gasteiger partial charge is 0.318 e. The van der Waals surface area contributed by atoms with E-state index in [1.54, 1.807) is 11.8 Å². The summed E-state index contributed by atoms with van der Waals surface area (Å²) in [7, 11) is 0. The second-order valence-electron chi connectivity index (χ2n) is 4.42. The lowest BCUT2D eigenvalue weighted by Crippen LogP contribution is -2.29. The average molecular weight is 311 g/mol. The van der Waals surface area contributed by atoms with E-state index in [9.17, 15) is 9.59 Å². The number of ketones is 1.